The molecule has 1 aromatic heterocycles. The molecule has 0 fully saturated rings. The van der Waals surface area contributed by atoms with E-state index in [9.17, 15) is 14.1 Å². The zero-order valence-corrected chi connectivity index (χ0v) is 19.2. The maximum atomic E-state index is 14.9. The van der Waals surface area contributed by atoms with Gasteiger partial charge in [-0.1, -0.05) is 55.4 Å². The second-order valence-corrected chi connectivity index (χ2v) is 8.09. The molecule has 0 aliphatic carbocycles. The van der Waals surface area contributed by atoms with Crippen LogP contribution in [0.1, 0.15) is 52.0 Å². The standard InChI is InChI=1S/C19H21Cl2FNO6P/c1-5-19(6-2,29-30(25)26)28-18-15(22)14(20)16(17(21)23-18)27-11-7-8-13(24)12(9-11)10(3)4/h7-10H,5-6H2,1-4H3,(H-,24,25,26)/p+1. The Bertz CT molecular complexity index is 940. The summed E-state index contributed by atoms with van der Waals surface area (Å²) in [5, 5.41) is 9.16. The second-order valence-electron chi connectivity index (χ2n) is 6.69. The van der Waals surface area contributed by atoms with E-state index in [2.05, 4.69) is 4.98 Å². The Labute approximate surface area is 184 Å². The molecule has 1 aromatic carbocycles. The van der Waals surface area contributed by atoms with Crippen molar-refractivity contribution in [3.05, 3.63) is 39.8 Å². The molecular weight excluding hydrogens is 459 g/mol. The van der Waals surface area contributed by atoms with Gasteiger partial charge in [0.25, 0.3) is 11.7 Å². The fourth-order valence-corrected chi connectivity index (χ4v) is 3.71. The Balaban J connectivity index is 2.42. The van der Waals surface area contributed by atoms with Crippen molar-refractivity contribution < 1.29 is 33.0 Å². The number of hydrogen-bond donors (Lipinski definition) is 2. The third-order valence-electron chi connectivity index (χ3n) is 4.41. The van der Waals surface area contributed by atoms with Crippen molar-refractivity contribution in [3.8, 4) is 23.1 Å². The molecule has 0 amide bonds. The van der Waals surface area contributed by atoms with Gasteiger partial charge in [-0.2, -0.15) is 9.37 Å². The maximum Gasteiger partial charge on any atom is 0.698 e. The molecular formula is C19H22Cl2FNO6P+. The second kappa shape index (κ2) is 10.1. The Morgan fingerprint density at radius 3 is 2.43 bits per heavy atom. The van der Waals surface area contributed by atoms with Crippen molar-refractivity contribution in [2.75, 3.05) is 0 Å². The number of halogens is 3. The first-order valence-corrected chi connectivity index (χ1v) is 11.0. The molecule has 1 atom stereocenters. The number of phenolic OH excluding ortho intramolecular Hbond substituents is 1. The smallest absolute Gasteiger partial charge is 0.508 e. The highest BCUT2D eigenvalue weighted by atomic mass is 35.5. The summed E-state index contributed by atoms with van der Waals surface area (Å²) in [5.41, 5.74) is 0.624. The van der Waals surface area contributed by atoms with E-state index in [0.717, 1.165) is 0 Å². The number of hydrogen-bond acceptors (Lipinski definition) is 6. The largest absolute Gasteiger partial charge is 0.698 e. The molecule has 0 aliphatic heterocycles. The molecule has 1 heterocycles. The summed E-state index contributed by atoms with van der Waals surface area (Å²) in [6.45, 7) is 7.06. The molecule has 0 spiro atoms. The van der Waals surface area contributed by atoms with Crippen molar-refractivity contribution in [1.29, 1.82) is 0 Å². The first kappa shape index (κ1) is 24.6. The third kappa shape index (κ3) is 5.50. The Kier molecular flexibility index (Phi) is 8.25. The van der Waals surface area contributed by atoms with Crippen molar-refractivity contribution in [1.82, 2.24) is 4.98 Å². The van der Waals surface area contributed by atoms with Gasteiger partial charge in [-0.3, -0.25) is 0 Å². The van der Waals surface area contributed by atoms with E-state index >= 15 is 0 Å². The molecule has 11 heteroatoms. The summed E-state index contributed by atoms with van der Waals surface area (Å²) in [6.07, 6.45) is 0.260. The molecule has 0 aliphatic rings. The Morgan fingerprint density at radius 2 is 1.90 bits per heavy atom. The van der Waals surface area contributed by atoms with Crippen LogP contribution in [0, 0.1) is 5.82 Å². The van der Waals surface area contributed by atoms with Gasteiger partial charge in [-0.15, -0.1) is 4.89 Å². The highest BCUT2D eigenvalue weighted by molar-refractivity contribution is 7.32. The predicted octanol–water partition coefficient (Wildman–Crippen LogP) is 6.71. The van der Waals surface area contributed by atoms with Gasteiger partial charge >= 0.3 is 8.25 Å². The van der Waals surface area contributed by atoms with Gasteiger partial charge in [0.15, 0.2) is 10.9 Å². The summed E-state index contributed by atoms with van der Waals surface area (Å²) >= 11 is 12.3. The minimum atomic E-state index is -3.01. The fourth-order valence-electron chi connectivity index (χ4n) is 2.66. The third-order valence-corrected chi connectivity index (χ3v) is 5.49. The van der Waals surface area contributed by atoms with Gasteiger partial charge in [-0.05, 0) is 24.1 Å². The zero-order chi connectivity index (χ0) is 22.6. The van der Waals surface area contributed by atoms with Gasteiger partial charge in [0, 0.05) is 23.0 Å². The van der Waals surface area contributed by atoms with E-state index in [4.69, 9.17) is 42.1 Å². The molecule has 2 aromatic rings. The van der Waals surface area contributed by atoms with E-state index in [0.29, 0.717) is 5.56 Å². The molecule has 7 nitrogen and oxygen atoms in total. The molecule has 0 saturated heterocycles. The van der Waals surface area contributed by atoms with Crippen LogP contribution in [0.15, 0.2) is 18.2 Å². The van der Waals surface area contributed by atoms with Gasteiger partial charge in [0.1, 0.15) is 16.5 Å². The quantitative estimate of drug-likeness (QED) is 0.233. The highest BCUT2D eigenvalue weighted by Crippen LogP contribution is 2.43. The number of phenols is 1. The topological polar surface area (TPSA) is 98.1 Å². The summed E-state index contributed by atoms with van der Waals surface area (Å²) in [5.74, 6) is -3.11. The monoisotopic (exact) mass is 480 g/mol. The van der Waals surface area contributed by atoms with Crippen LogP contribution >= 0.6 is 31.5 Å². The molecule has 2 rings (SSSR count). The predicted molar refractivity (Wildman–Crippen MR) is 111 cm³/mol. The van der Waals surface area contributed by atoms with Crippen LogP contribution in [0.5, 0.6) is 23.1 Å². The van der Waals surface area contributed by atoms with Crippen LogP contribution in [-0.2, 0) is 9.09 Å². The van der Waals surface area contributed by atoms with Crippen LogP contribution in [0.25, 0.3) is 0 Å². The highest BCUT2D eigenvalue weighted by Gasteiger charge is 2.41. The van der Waals surface area contributed by atoms with Crippen molar-refractivity contribution >= 4 is 31.5 Å². The van der Waals surface area contributed by atoms with E-state index in [1.165, 1.54) is 12.1 Å². The summed E-state index contributed by atoms with van der Waals surface area (Å²) in [7, 11) is -3.01. The Hall–Kier alpha value is -1.70. The summed E-state index contributed by atoms with van der Waals surface area (Å²) in [6, 6.07) is 4.50. The van der Waals surface area contributed by atoms with Crippen molar-refractivity contribution in [2.45, 2.75) is 52.2 Å². The lowest BCUT2D eigenvalue weighted by Crippen LogP contribution is -2.36. The number of aromatic hydroxyl groups is 1. The lowest BCUT2D eigenvalue weighted by molar-refractivity contribution is -0.123. The number of ether oxygens (including phenoxy) is 2. The minimum Gasteiger partial charge on any atom is -0.508 e. The van der Waals surface area contributed by atoms with Crippen LogP contribution in [0.3, 0.4) is 0 Å². The van der Waals surface area contributed by atoms with Crippen molar-refractivity contribution in [3.63, 3.8) is 0 Å². The Morgan fingerprint density at radius 1 is 1.27 bits per heavy atom. The van der Waals surface area contributed by atoms with E-state index in [1.807, 2.05) is 13.8 Å². The number of nitrogens with zero attached hydrogens (tertiary/aromatic N) is 1. The molecule has 2 N–H and O–H groups in total. The fraction of sp³-hybridized carbons (Fsp3) is 0.421. The maximum absolute atomic E-state index is 14.9. The first-order valence-electron chi connectivity index (χ1n) is 9.13. The molecule has 0 saturated carbocycles. The van der Waals surface area contributed by atoms with Crippen molar-refractivity contribution in [2.24, 2.45) is 0 Å². The van der Waals surface area contributed by atoms with Gasteiger partial charge in [0.05, 0.1) is 0 Å². The lowest BCUT2D eigenvalue weighted by atomic mass is 10.0. The van der Waals surface area contributed by atoms with Gasteiger partial charge in [0.2, 0.25) is 5.82 Å². The molecule has 30 heavy (non-hydrogen) atoms. The molecule has 0 radical (unpaired) electrons. The van der Waals surface area contributed by atoms with Crippen LogP contribution < -0.4 is 9.47 Å². The number of benzene rings is 1. The SMILES string of the molecule is CCC(CC)(Oc1nc(Cl)c(Oc2ccc(O)c(C(C)C)c2)c(Cl)c1F)O[P+](=O)O. The van der Waals surface area contributed by atoms with E-state index in [-0.39, 0.29) is 41.2 Å². The van der Waals surface area contributed by atoms with E-state index < -0.39 is 30.8 Å². The van der Waals surface area contributed by atoms with Gasteiger partial charge in [-0.25, -0.2) is 0 Å². The van der Waals surface area contributed by atoms with Crippen LogP contribution in [0.4, 0.5) is 4.39 Å². The van der Waals surface area contributed by atoms with Crippen LogP contribution in [0.2, 0.25) is 10.2 Å². The zero-order valence-electron chi connectivity index (χ0n) is 16.8. The first-order chi connectivity index (χ1) is 14.0. The summed E-state index contributed by atoms with van der Waals surface area (Å²) < 4.78 is 42.0. The molecule has 1 unspecified atom stereocenters. The van der Waals surface area contributed by atoms with Gasteiger partial charge < -0.3 is 14.6 Å². The number of aromatic nitrogens is 1. The molecule has 0 bridgehead atoms. The minimum absolute atomic E-state index is 0.0133. The average molecular weight is 481 g/mol. The van der Waals surface area contributed by atoms with Crippen LogP contribution in [-0.4, -0.2) is 20.8 Å². The number of pyridine rings is 1. The lowest BCUT2D eigenvalue weighted by Gasteiger charge is -2.25. The molecule has 164 valence electrons. The average Bonchev–Trinajstić information content (AvgIpc) is 2.69. The normalized spacial score (nSPS) is 12.2. The number of rotatable bonds is 9. The summed E-state index contributed by atoms with van der Waals surface area (Å²) in [4.78, 5) is 12.9. The van der Waals surface area contributed by atoms with E-state index in [1.54, 1.807) is 19.9 Å².